The summed E-state index contributed by atoms with van der Waals surface area (Å²) in [6, 6.07) is 0. The van der Waals surface area contributed by atoms with Gasteiger partial charge in [0.25, 0.3) is 0 Å². The maximum atomic E-state index is 5.76. The molecule has 0 aromatic heterocycles. The lowest BCUT2D eigenvalue weighted by atomic mass is 9.93. The zero-order valence-electron chi connectivity index (χ0n) is 11.5. The van der Waals surface area contributed by atoms with Crippen molar-refractivity contribution in [2.45, 2.75) is 51.7 Å². The fourth-order valence-corrected chi connectivity index (χ4v) is 3.24. The lowest BCUT2D eigenvalue weighted by molar-refractivity contribution is -0.0683. The minimum Gasteiger partial charge on any atom is -0.373 e. The second-order valence-electron chi connectivity index (χ2n) is 5.85. The van der Waals surface area contributed by atoms with Crippen molar-refractivity contribution in [1.29, 1.82) is 0 Å². The highest BCUT2D eigenvalue weighted by atomic mass is 16.5. The van der Waals surface area contributed by atoms with Gasteiger partial charge in [0, 0.05) is 13.1 Å². The Morgan fingerprint density at radius 1 is 1.12 bits per heavy atom. The largest absolute Gasteiger partial charge is 0.373 e. The fraction of sp³-hybridized carbons (Fsp3) is 1.00. The number of hydrogen-bond donors (Lipinski definition) is 1. The van der Waals surface area contributed by atoms with Gasteiger partial charge in [-0.25, -0.2) is 0 Å². The number of ether oxygens (including phenoxy) is 1. The first kappa shape index (κ1) is 13.3. The standard InChI is InChI=1S/C14H28N2O/c1-12-10-16(11-13(2)17-12)9-3-4-14-5-7-15-8-6-14/h12-15H,3-11H2,1-2H3/t12-,13+. The molecule has 0 radical (unpaired) electrons. The molecule has 2 fully saturated rings. The highest BCUT2D eigenvalue weighted by molar-refractivity contribution is 4.74. The van der Waals surface area contributed by atoms with Gasteiger partial charge in [-0.1, -0.05) is 0 Å². The maximum absolute atomic E-state index is 5.76. The number of nitrogens with zero attached hydrogens (tertiary/aromatic N) is 1. The van der Waals surface area contributed by atoms with Gasteiger partial charge in [-0.05, 0) is 65.1 Å². The van der Waals surface area contributed by atoms with Crippen LogP contribution in [0.3, 0.4) is 0 Å². The Morgan fingerprint density at radius 2 is 1.76 bits per heavy atom. The van der Waals surface area contributed by atoms with Crippen LogP contribution in [0.2, 0.25) is 0 Å². The van der Waals surface area contributed by atoms with Gasteiger partial charge in [-0.15, -0.1) is 0 Å². The topological polar surface area (TPSA) is 24.5 Å². The molecule has 3 nitrogen and oxygen atoms in total. The van der Waals surface area contributed by atoms with Crippen molar-refractivity contribution in [2.75, 3.05) is 32.7 Å². The van der Waals surface area contributed by atoms with Gasteiger partial charge in [-0.3, -0.25) is 4.90 Å². The second kappa shape index (κ2) is 6.72. The van der Waals surface area contributed by atoms with E-state index < -0.39 is 0 Å². The molecule has 2 saturated heterocycles. The Kier molecular flexibility index (Phi) is 5.26. The number of hydrogen-bond acceptors (Lipinski definition) is 3. The number of rotatable bonds is 4. The molecule has 0 unspecified atom stereocenters. The van der Waals surface area contributed by atoms with Crippen LogP contribution >= 0.6 is 0 Å². The Morgan fingerprint density at radius 3 is 2.41 bits per heavy atom. The highest BCUT2D eigenvalue weighted by Crippen LogP contribution is 2.19. The minimum atomic E-state index is 0.414. The molecule has 0 spiro atoms. The van der Waals surface area contributed by atoms with Gasteiger partial charge in [0.2, 0.25) is 0 Å². The van der Waals surface area contributed by atoms with Crippen LogP contribution in [0.4, 0.5) is 0 Å². The van der Waals surface area contributed by atoms with Gasteiger partial charge in [0.05, 0.1) is 12.2 Å². The number of morpholine rings is 1. The first-order valence-electron chi connectivity index (χ1n) is 7.32. The van der Waals surface area contributed by atoms with Gasteiger partial charge < -0.3 is 10.1 Å². The average Bonchev–Trinajstić information content (AvgIpc) is 2.29. The van der Waals surface area contributed by atoms with Crippen molar-refractivity contribution in [1.82, 2.24) is 10.2 Å². The monoisotopic (exact) mass is 240 g/mol. The lowest BCUT2D eigenvalue weighted by Gasteiger charge is -2.35. The van der Waals surface area contributed by atoms with E-state index >= 15 is 0 Å². The van der Waals surface area contributed by atoms with Crippen LogP contribution in [0.1, 0.15) is 39.5 Å². The van der Waals surface area contributed by atoms with Gasteiger partial charge in [0.1, 0.15) is 0 Å². The Labute approximate surface area is 106 Å². The fourth-order valence-electron chi connectivity index (χ4n) is 3.24. The van der Waals surface area contributed by atoms with Crippen molar-refractivity contribution in [3.8, 4) is 0 Å². The molecule has 0 saturated carbocycles. The molecule has 0 aromatic carbocycles. The zero-order chi connectivity index (χ0) is 12.1. The van der Waals surface area contributed by atoms with E-state index in [4.69, 9.17) is 4.74 Å². The van der Waals surface area contributed by atoms with E-state index in [1.165, 1.54) is 45.3 Å². The van der Waals surface area contributed by atoms with Crippen molar-refractivity contribution in [3.05, 3.63) is 0 Å². The summed E-state index contributed by atoms with van der Waals surface area (Å²) in [5, 5.41) is 3.44. The first-order valence-corrected chi connectivity index (χ1v) is 7.32. The van der Waals surface area contributed by atoms with Crippen LogP contribution < -0.4 is 5.32 Å². The Balaban J connectivity index is 1.60. The van der Waals surface area contributed by atoms with Crippen LogP contribution in [0, 0.1) is 5.92 Å². The average molecular weight is 240 g/mol. The summed E-state index contributed by atoms with van der Waals surface area (Å²) in [5.74, 6) is 0.979. The third-order valence-electron chi connectivity index (χ3n) is 4.04. The summed E-state index contributed by atoms with van der Waals surface area (Å²) < 4.78 is 5.76. The molecule has 2 rings (SSSR count). The third kappa shape index (κ3) is 4.57. The van der Waals surface area contributed by atoms with Crippen molar-refractivity contribution < 1.29 is 4.74 Å². The summed E-state index contributed by atoms with van der Waals surface area (Å²) in [4.78, 5) is 2.58. The highest BCUT2D eigenvalue weighted by Gasteiger charge is 2.22. The molecule has 2 atom stereocenters. The Bertz CT molecular complexity index is 206. The molecule has 17 heavy (non-hydrogen) atoms. The molecule has 100 valence electrons. The first-order chi connectivity index (χ1) is 8.24. The molecule has 2 heterocycles. The van der Waals surface area contributed by atoms with E-state index in [0.29, 0.717) is 12.2 Å². The van der Waals surface area contributed by atoms with E-state index in [1.807, 2.05) is 0 Å². The molecule has 2 aliphatic rings. The molecule has 2 aliphatic heterocycles. The summed E-state index contributed by atoms with van der Waals surface area (Å²) in [6.45, 7) is 10.4. The van der Waals surface area contributed by atoms with Gasteiger partial charge >= 0.3 is 0 Å². The van der Waals surface area contributed by atoms with Crippen LogP contribution in [-0.2, 0) is 4.74 Å². The van der Waals surface area contributed by atoms with Crippen LogP contribution in [0.15, 0.2) is 0 Å². The maximum Gasteiger partial charge on any atom is 0.0678 e. The second-order valence-corrected chi connectivity index (χ2v) is 5.85. The smallest absolute Gasteiger partial charge is 0.0678 e. The van der Waals surface area contributed by atoms with E-state index in [9.17, 15) is 0 Å². The molecule has 0 amide bonds. The SMILES string of the molecule is C[C@@H]1CN(CCCC2CCNCC2)C[C@H](C)O1. The molecule has 3 heteroatoms. The number of nitrogens with one attached hydrogen (secondary N) is 1. The summed E-state index contributed by atoms with van der Waals surface area (Å²) in [7, 11) is 0. The predicted molar refractivity (Wildman–Crippen MR) is 71.3 cm³/mol. The normalized spacial score (nSPS) is 32.8. The molecule has 0 bridgehead atoms. The predicted octanol–water partition coefficient (Wildman–Crippen LogP) is 1.88. The number of piperidine rings is 1. The van der Waals surface area contributed by atoms with Crippen LogP contribution in [-0.4, -0.2) is 49.8 Å². The molecular weight excluding hydrogens is 212 g/mol. The van der Waals surface area contributed by atoms with Gasteiger partial charge in [0.15, 0.2) is 0 Å². The van der Waals surface area contributed by atoms with Crippen molar-refractivity contribution in [3.63, 3.8) is 0 Å². The van der Waals surface area contributed by atoms with Crippen molar-refractivity contribution >= 4 is 0 Å². The van der Waals surface area contributed by atoms with E-state index in [0.717, 1.165) is 19.0 Å². The van der Waals surface area contributed by atoms with Crippen molar-refractivity contribution in [2.24, 2.45) is 5.92 Å². The Hall–Kier alpha value is -0.120. The lowest BCUT2D eigenvalue weighted by Crippen LogP contribution is -2.45. The molecular formula is C14H28N2O. The molecule has 1 N–H and O–H groups in total. The summed E-state index contributed by atoms with van der Waals surface area (Å²) in [5.41, 5.74) is 0. The molecule has 0 aliphatic carbocycles. The quantitative estimate of drug-likeness (QED) is 0.812. The van der Waals surface area contributed by atoms with E-state index in [-0.39, 0.29) is 0 Å². The van der Waals surface area contributed by atoms with Crippen LogP contribution in [0.25, 0.3) is 0 Å². The third-order valence-corrected chi connectivity index (χ3v) is 4.04. The minimum absolute atomic E-state index is 0.414. The van der Waals surface area contributed by atoms with Crippen LogP contribution in [0.5, 0.6) is 0 Å². The van der Waals surface area contributed by atoms with Gasteiger partial charge in [-0.2, -0.15) is 0 Å². The van der Waals surface area contributed by atoms with E-state index in [1.54, 1.807) is 0 Å². The summed E-state index contributed by atoms with van der Waals surface area (Å²) >= 11 is 0. The zero-order valence-corrected chi connectivity index (χ0v) is 11.5. The summed E-state index contributed by atoms with van der Waals surface area (Å²) in [6.07, 6.45) is 6.38. The molecule has 0 aromatic rings. The van der Waals surface area contributed by atoms with E-state index in [2.05, 4.69) is 24.1 Å².